The average Bonchev–Trinajstić information content (AvgIpc) is 2.13. The Labute approximate surface area is 76.3 Å². The van der Waals surface area contributed by atoms with E-state index in [4.69, 9.17) is 15.2 Å². The molecule has 0 aromatic heterocycles. The summed E-state index contributed by atoms with van der Waals surface area (Å²) in [6.07, 6.45) is 0. The van der Waals surface area contributed by atoms with Crippen LogP contribution in [0.1, 0.15) is 6.92 Å². The van der Waals surface area contributed by atoms with Crippen LogP contribution < -0.4 is 15.2 Å². The SMILES string of the molecule is CCOc1cc(OC)cc(N)c1F. The molecule has 0 saturated heterocycles. The van der Waals surface area contributed by atoms with E-state index in [1.807, 2.05) is 0 Å². The third kappa shape index (κ3) is 2.02. The predicted octanol–water partition coefficient (Wildman–Crippen LogP) is 1.82. The van der Waals surface area contributed by atoms with Crippen molar-refractivity contribution in [1.29, 1.82) is 0 Å². The molecular formula is C9H12FNO2. The Morgan fingerprint density at radius 1 is 1.46 bits per heavy atom. The molecule has 0 unspecified atom stereocenters. The van der Waals surface area contributed by atoms with Gasteiger partial charge in [-0.3, -0.25) is 0 Å². The molecule has 4 heteroatoms. The third-order valence-electron chi connectivity index (χ3n) is 1.58. The first kappa shape index (κ1) is 9.64. The summed E-state index contributed by atoms with van der Waals surface area (Å²) in [6.45, 7) is 2.17. The van der Waals surface area contributed by atoms with Crippen LogP contribution in [0.15, 0.2) is 12.1 Å². The van der Waals surface area contributed by atoms with Gasteiger partial charge < -0.3 is 15.2 Å². The fraction of sp³-hybridized carbons (Fsp3) is 0.333. The van der Waals surface area contributed by atoms with Crippen LogP contribution >= 0.6 is 0 Å². The first-order chi connectivity index (χ1) is 6.19. The van der Waals surface area contributed by atoms with Crippen LogP contribution in [0.5, 0.6) is 11.5 Å². The first-order valence-electron chi connectivity index (χ1n) is 3.94. The number of nitrogen functional groups attached to an aromatic ring is 1. The number of rotatable bonds is 3. The van der Waals surface area contributed by atoms with E-state index in [1.54, 1.807) is 6.92 Å². The average molecular weight is 185 g/mol. The summed E-state index contributed by atoms with van der Waals surface area (Å²) in [5, 5.41) is 0. The number of hydrogen-bond donors (Lipinski definition) is 1. The van der Waals surface area contributed by atoms with Crippen molar-refractivity contribution >= 4 is 5.69 Å². The Morgan fingerprint density at radius 2 is 2.15 bits per heavy atom. The molecule has 0 bridgehead atoms. The number of hydrogen-bond acceptors (Lipinski definition) is 3. The quantitative estimate of drug-likeness (QED) is 0.730. The highest BCUT2D eigenvalue weighted by Gasteiger charge is 2.09. The molecule has 0 atom stereocenters. The van der Waals surface area contributed by atoms with Crippen LogP contribution in [0.4, 0.5) is 10.1 Å². The Kier molecular flexibility index (Phi) is 2.95. The fourth-order valence-corrected chi connectivity index (χ4v) is 0.971. The summed E-state index contributed by atoms with van der Waals surface area (Å²) in [6, 6.07) is 2.88. The monoisotopic (exact) mass is 185 g/mol. The Hall–Kier alpha value is -1.45. The summed E-state index contributed by atoms with van der Waals surface area (Å²) in [4.78, 5) is 0. The number of anilines is 1. The zero-order valence-corrected chi connectivity index (χ0v) is 7.63. The van der Waals surface area contributed by atoms with Gasteiger partial charge in [-0.2, -0.15) is 0 Å². The molecule has 0 radical (unpaired) electrons. The van der Waals surface area contributed by atoms with Gasteiger partial charge in [-0.05, 0) is 6.92 Å². The van der Waals surface area contributed by atoms with Gasteiger partial charge in [0.2, 0.25) is 0 Å². The van der Waals surface area contributed by atoms with E-state index in [9.17, 15) is 4.39 Å². The smallest absolute Gasteiger partial charge is 0.188 e. The summed E-state index contributed by atoms with van der Waals surface area (Å²) >= 11 is 0. The highest BCUT2D eigenvalue weighted by atomic mass is 19.1. The Bertz CT molecular complexity index is 302. The highest BCUT2D eigenvalue weighted by molar-refractivity contribution is 5.52. The maximum Gasteiger partial charge on any atom is 0.188 e. The molecule has 0 aliphatic heterocycles. The molecule has 0 fully saturated rings. The zero-order chi connectivity index (χ0) is 9.84. The highest BCUT2D eigenvalue weighted by Crippen LogP contribution is 2.28. The normalized spacial score (nSPS) is 9.77. The fourth-order valence-electron chi connectivity index (χ4n) is 0.971. The molecule has 0 saturated carbocycles. The maximum atomic E-state index is 13.2. The topological polar surface area (TPSA) is 44.5 Å². The molecular weight excluding hydrogens is 173 g/mol. The van der Waals surface area contributed by atoms with Crippen molar-refractivity contribution in [1.82, 2.24) is 0 Å². The van der Waals surface area contributed by atoms with Gasteiger partial charge in [-0.1, -0.05) is 0 Å². The molecule has 3 nitrogen and oxygen atoms in total. The van der Waals surface area contributed by atoms with Crippen LogP contribution in [0.2, 0.25) is 0 Å². The van der Waals surface area contributed by atoms with Gasteiger partial charge in [0.05, 0.1) is 19.4 Å². The van der Waals surface area contributed by atoms with Crippen LogP contribution in [-0.4, -0.2) is 13.7 Å². The predicted molar refractivity (Wildman–Crippen MR) is 48.5 cm³/mol. The van der Waals surface area contributed by atoms with Crippen molar-refractivity contribution in [2.45, 2.75) is 6.92 Å². The van der Waals surface area contributed by atoms with E-state index in [0.29, 0.717) is 12.4 Å². The Balaban J connectivity index is 3.09. The molecule has 1 aromatic carbocycles. The summed E-state index contributed by atoms with van der Waals surface area (Å²) in [5.74, 6) is 0.0735. The number of halogens is 1. The van der Waals surface area contributed by atoms with Crippen LogP contribution in [0, 0.1) is 5.82 Å². The molecule has 1 rings (SSSR count). The molecule has 0 spiro atoms. The van der Waals surface area contributed by atoms with Crippen molar-refractivity contribution in [3.05, 3.63) is 17.9 Å². The summed E-state index contributed by atoms with van der Waals surface area (Å²) in [5.41, 5.74) is 5.42. The lowest BCUT2D eigenvalue weighted by Crippen LogP contribution is -1.99. The van der Waals surface area contributed by atoms with Crippen molar-refractivity contribution in [3.8, 4) is 11.5 Å². The van der Waals surface area contributed by atoms with Gasteiger partial charge >= 0.3 is 0 Å². The molecule has 0 amide bonds. The molecule has 2 N–H and O–H groups in total. The largest absolute Gasteiger partial charge is 0.497 e. The molecule has 13 heavy (non-hydrogen) atoms. The van der Waals surface area contributed by atoms with Crippen LogP contribution in [-0.2, 0) is 0 Å². The molecule has 72 valence electrons. The lowest BCUT2D eigenvalue weighted by molar-refractivity contribution is 0.318. The standard InChI is InChI=1S/C9H12FNO2/c1-3-13-8-5-6(12-2)4-7(11)9(8)10/h4-5H,3,11H2,1-2H3. The van der Waals surface area contributed by atoms with E-state index < -0.39 is 5.82 Å². The van der Waals surface area contributed by atoms with E-state index in [-0.39, 0.29) is 11.4 Å². The maximum absolute atomic E-state index is 13.2. The minimum atomic E-state index is -0.539. The van der Waals surface area contributed by atoms with Gasteiger partial charge in [0, 0.05) is 12.1 Å². The van der Waals surface area contributed by atoms with Gasteiger partial charge in [-0.25, -0.2) is 4.39 Å². The second-order valence-corrected chi connectivity index (χ2v) is 2.46. The van der Waals surface area contributed by atoms with Crippen molar-refractivity contribution in [3.63, 3.8) is 0 Å². The molecule has 0 heterocycles. The third-order valence-corrected chi connectivity index (χ3v) is 1.58. The second kappa shape index (κ2) is 3.98. The lowest BCUT2D eigenvalue weighted by Gasteiger charge is -2.08. The van der Waals surface area contributed by atoms with Gasteiger partial charge in [0.15, 0.2) is 11.6 Å². The first-order valence-corrected chi connectivity index (χ1v) is 3.94. The number of methoxy groups -OCH3 is 1. The minimum Gasteiger partial charge on any atom is -0.497 e. The Morgan fingerprint density at radius 3 is 2.69 bits per heavy atom. The minimum absolute atomic E-state index is 0.0304. The summed E-state index contributed by atoms with van der Waals surface area (Å²) in [7, 11) is 1.49. The van der Waals surface area contributed by atoms with Gasteiger partial charge in [0.1, 0.15) is 5.75 Å². The van der Waals surface area contributed by atoms with Crippen LogP contribution in [0.25, 0.3) is 0 Å². The lowest BCUT2D eigenvalue weighted by atomic mass is 10.2. The van der Waals surface area contributed by atoms with E-state index in [0.717, 1.165) is 0 Å². The molecule has 0 aliphatic rings. The number of ether oxygens (including phenoxy) is 2. The molecule has 0 aliphatic carbocycles. The zero-order valence-electron chi connectivity index (χ0n) is 7.63. The van der Waals surface area contributed by atoms with E-state index in [1.165, 1.54) is 19.2 Å². The summed E-state index contributed by atoms with van der Waals surface area (Å²) < 4.78 is 23.1. The van der Waals surface area contributed by atoms with Crippen molar-refractivity contribution < 1.29 is 13.9 Å². The molecule has 1 aromatic rings. The van der Waals surface area contributed by atoms with Crippen molar-refractivity contribution in [2.75, 3.05) is 19.5 Å². The van der Waals surface area contributed by atoms with Gasteiger partial charge in [0.25, 0.3) is 0 Å². The van der Waals surface area contributed by atoms with E-state index >= 15 is 0 Å². The number of benzene rings is 1. The second-order valence-electron chi connectivity index (χ2n) is 2.46. The van der Waals surface area contributed by atoms with Crippen LogP contribution in [0.3, 0.4) is 0 Å². The number of nitrogens with two attached hydrogens (primary N) is 1. The van der Waals surface area contributed by atoms with Crippen molar-refractivity contribution in [2.24, 2.45) is 0 Å². The van der Waals surface area contributed by atoms with E-state index in [2.05, 4.69) is 0 Å². The van der Waals surface area contributed by atoms with Gasteiger partial charge in [-0.15, -0.1) is 0 Å².